The maximum Gasteiger partial charge on any atom is 0.242 e. The fourth-order valence-electron chi connectivity index (χ4n) is 1.92. The first-order valence-electron chi connectivity index (χ1n) is 6.61. The summed E-state index contributed by atoms with van der Waals surface area (Å²) >= 11 is 0. The van der Waals surface area contributed by atoms with E-state index >= 15 is 0 Å². The van der Waals surface area contributed by atoms with Gasteiger partial charge in [0.15, 0.2) is 0 Å². The van der Waals surface area contributed by atoms with Gasteiger partial charge in [-0.05, 0) is 26.0 Å². The minimum atomic E-state index is -1.34. The molecule has 0 aliphatic rings. The minimum absolute atomic E-state index is 0.181. The highest BCUT2D eigenvalue weighted by atomic mass is 32.2. The molecule has 6 heteroatoms. The highest BCUT2D eigenvalue weighted by Gasteiger charge is 2.25. The van der Waals surface area contributed by atoms with E-state index in [4.69, 9.17) is 4.52 Å². The van der Waals surface area contributed by atoms with Gasteiger partial charge >= 0.3 is 0 Å². The van der Waals surface area contributed by atoms with Gasteiger partial charge in [0.25, 0.3) is 0 Å². The van der Waals surface area contributed by atoms with Crippen LogP contribution >= 0.6 is 0 Å². The van der Waals surface area contributed by atoms with Crippen LogP contribution in [-0.4, -0.2) is 27.6 Å². The monoisotopic (exact) mass is 306 g/mol. The molecular formula is C15H18N2O3S. The number of carbonyl (C=O) groups is 1. The summed E-state index contributed by atoms with van der Waals surface area (Å²) < 4.78 is 17.2. The van der Waals surface area contributed by atoms with Gasteiger partial charge in [0.1, 0.15) is 11.0 Å². The number of nitrogens with zero attached hydrogens (tertiary/aromatic N) is 2. The molecule has 0 saturated carbocycles. The SMILES string of the molecule is Cc1cc(C[S@@](=O)[C@H](C)C(=O)N(C)c2ccccc2)no1. The van der Waals surface area contributed by atoms with Crippen LogP contribution in [0.1, 0.15) is 18.4 Å². The minimum Gasteiger partial charge on any atom is -0.361 e. The van der Waals surface area contributed by atoms with Gasteiger partial charge in [-0.25, -0.2) is 0 Å². The maximum atomic E-state index is 12.4. The van der Waals surface area contributed by atoms with Gasteiger partial charge in [-0.3, -0.25) is 9.00 Å². The zero-order chi connectivity index (χ0) is 15.4. The van der Waals surface area contributed by atoms with Crippen LogP contribution in [0.3, 0.4) is 0 Å². The molecule has 21 heavy (non-hydrogen) atoms. The number of hydrogen-bond donors (Lipinski definition) is 0. The number of hydrogen-bond acceptors (Lipinski definition) is 4. The molecule has 1 aromatic heterocycles. The fraction of sp³-hybridized carbons (Fsp3) is 0.333. The van der Waals surface area contributed by atoms with E-state index in [1.54, 1.807) is 27.0 Å². The zero-order valence-electron chi connectivity index (χ0n) is 12.3. The summed E-state index contributed by atoms with van der Waals surface area (Å²) in [6.07, 6.45) is 0. The first-order chi connectivity index (χ1) is 9.99. The average molecular weight is 306 g/mol. The van der Waals surface area contributed by atoms with Crippen molar-refractivity contribution in [2.75, 3.05) is 11.9 Å². The lowest BCUT2D eigenvalue weighted by atomic mass is 10.3. The Morgan fingerprint density at radius 1 is 1.38 bits per heavy atom. The third-order valence-electron chi connectivity index (χ3n) is 3.18. The standard InChI is InChI=1S/C15H18N2O3S/c1-11-9-13(16-20-11)10-21(19)12(2)15(18)17(3)14-7-5-4-6-8-14/h4-9,12H,10H2,1-3H3/t12-,21-/m1/s1. The molecule has 2 aromatic rings. The van der Waals surface area contributed by atoms with E-state index in [-0.39, 0.29) is 11.7 Å². The molecular weight excluding hydrogens is 288 g/mol. The van der Waals surface area contributed by atoms with E-state index in [0.29, 0.717) is 11.5 Å². The highest BCUT2D eigenvalue weighted by molar-refractivity contribution is 7.85. The number of amides is 1. The normalized spacial score (nSPS) is 13.7. The van der Waals surface area contributed by atoms with Crippen LogP contribution in [0.25, 0.3) is 0 Å². The molecule has 1 amide bonds. The van der Waals surface area contributed by atoms with Crippen molar-refractivity contribution < 1.29 is 13.5 Å². The second-order valence-electron chi connectivity index (χ2n) is 4.83. The predicted octanol–water partition coefficient (Wildman–Crippen LogP) is 2.28. The van der Waals surface area contributed by atoms with Crippen LogP contribution in [0.4, 0.5) is 5.69 Å². The van der Waals surface area contributed by atoms with Gasteiger partial charge in [0.05, 0.1) is 11.4 Å². The molecule has 0 bridgehead atoms. The van der Waals surface area contributed by atoms with Gasteiger partial charge in [-0.2, -0.15) is 0 Å². The summed E-state index contributed by atoms with van der Waals surface area (Å²) in [6.45, 7) is 3.45. The second-order valence-corrected chi connectivity index (χ2v) is 6.59. The molecule has 0 aliphatic carbocycles. The Labute approximate surface area is 126 Å². The third-order valence-corrected chi connectivity index (χ3v) is 4.75. The topological polar surface area (TPSA) is 63.4 Å². The number of aromatic nitrogens is 1. The van der Waals surface area contributed by atoms with Gasteiger partial charge in [-0.1, -0.05) is 23.4 Å². The molecule has 0 radical (unpaired) electrons. The Morgan fingerprint density at radius 2 is 2.05 bits per heavy atom. The fourth-order valence-corrected chi connectivity index (χ4v) is 2.98. The van der Waals surface area contributed by atoms with E-state index in [1.807, 2.05) is 30.3 Å². The molecule has 0 saturated heterocycles. The van der Waals surface area contributed by atoms with E-state index in [9.17, 15) is 9.00 Å². The van der Waals surface area contributed by atoms with Crippen molar-refractivity contribution >= 4 is 22.4 Å². The van der Waals surface area contributed by atoms with Crippen molar-refractivity contribution in [2.45, 2.75) is 24.9 Å². The van der Waals surface area contributed by atoms with Crippen molar-refractivity contribution in [1.29, 1.82) is 0 Å². The van der Waals surface area contributed by atoms with E-state index in [2.05, 4.69) is 5.16 Å². The first-order valence-corrected chi connectivity index (χ1v) is 7.99. The van der Waals surface area contributed by atoms with Crippen LogP contribution in [0.5, 0.6) is 0 Å². The summed E-state index contributed by atoms with van der Waals surface area (Å²) in [5, 5.41) is 3.20. The van der Waals surface area contributed by atoms with Crippen molar-refractivity contribution in [3.05, 3.63) is 47.9 Å². The quantitative estimate of drug-likeness (QED) is 0.850. The molecule has 1 heterocycles. The second kappa shape index (κ2) is 6.67. The number of benzene rings is 1. The Bertz CT molecular complexity index is 639. The molecule has 1 aromatic carbocycles. The molecule has 2 rings (SSSR count). The lowest BCUT2D eigenvalue weighted by molar-refractivity contribution is -0.117. The molecule has 2 atom stereocenters. The molecule has 0 unspecified atom stereocenters. The van der Waals surface area contributed by atoms with Crippen LogP contribution in [0.2, 0.25) is 0 Å². The lowest BCUT2D eigenvalue weighted by Crippen LogP contribution is -2.37. The Kier molecular flexibility index (Phi) is 4.90. The van der Waals surface area contributed by atoms with E-state index in [0.717, 1.165) is 5.69 Å². The summed E-state index contributed by atoms with van der Waals surface area (Å²) in [6, 6.07) is 11.0. The van der Waals surface area contributed by atoms with Crippen molar-refractivity contribution in [3.63, 3.8) is 0 Å². The molecule has 0 spiro atoms. The van der Waals surface area contributed by atoms with Crippen molar-refractivity contribution in [2.24, 2.45) is 0 Å². The van der Waals surface area contributed by atoms with Crippen LogP contribution in [-0.2, 0) is 21.3 Å². The summed E-state index contributed by atoms with van der Waals surface area (Å²) in [4.78, 5) is 13.9. The van der Waals surface area contributed by atoms with Crippen molar-refractivity contribution in [1.82, 2.24) is 5.16 Å². The van der Waals surface area contributed by atoms with Gasteiger partial charge in [0.2, 0.25) is 5.91 Å². The maximum absolute atomic E-state index is 12.4. The van der Waals surface area contributed by atoms with E-state index < -0.39 is 16.0 Å². The van der Waals surface area contributed by atoms with Gasteiger partial charge in [0, 0.05) is 29.6 Å². The summed E-state index contributed by atoms with van der Waals surface area (Å²) in [7, 11) is 0.346. The number of rotatable bonds is 5. The molecule has 112 valence electrons. The zero-order valence-corrected chi connectivity index (χ0v) is 13.1. The Balaban J connectivity index is 2.03. The van der Waals surface area contributed by atoms with Gasteiger partial charge in [-0.15, -0.1) is 0 Å². The highest BCUT2D eigenvalue weighted by Crippen LogP contribution is 2.15. The predicted molar refractivity (Wildman–Crippen MR) is 82.4 cm³/mol. The Hall–Kier alpha value is -1.95. The average Bonchev–Trinajstić information content (AvgIpc) is 2.90. The summed E-state index contributed by atoms with van der Waals surface area (Å²) in [5.74, 6) is 0.703. The number of para-hydroxylation sites is 1. The smallest absolute Gasteiger partial charge is 0.242 e. The van der Waals surface area contributed by atoms with Crippen molar-refractivity contribution in [3.8, 4) is 0 Å². The molecule has 0 aliphatic heterocycles. The lowest BCUT2D eigenvalue weighted by Gasteiger charge is -2.20. The summed E-state index contributed by atoms with van der Waals surface area (Å²) in [5.41, 5.74) is 1.39. The van der Waals surface area contributed by atoms with Crippen LogP contribution in [0, 0.1) is 6.92 Å². The number of aryl methyl sites for hydroxylation is 1. The molecule has 5 nitrogen and oxygen atoms in total. The largest absolute Gasteiger partial charge is 0.361 e. The first kappa shape index (κ1) is 15.4. The van der Waals surface area contributed by atoms with Gasteiger partial charge < -0.3 is 9.42 Å². The number of anilines is 1. The van der Waals surface area contributed by atoms with E-state index in [1.165, 1.54) is 4.90 Å². The third kappa shape index (κ3) is 3.78. The van der Waals surface area contributed by atoms with Crippen LogP contribution in [0.15, 0.2) is 40.9 Å². The molecule has 0 fully saturated rings. The molecule has 0 N–H and O–H groups in total. The number of carbonyl (C=O) groups excluding carboxylic acids is 1. The van der Waals surface area contributed by atoms with Crippen LogP contribution < -0.4 is 4.90 Å². The Morgan fingerprint density at radius 3 is 2.62 bits per heavy atom.